The van der Waals surface area contributed by atoms with Gasteiger partial charge in [-0.15, -0.1) is 0 Å². The van der Waals surface area contributed by atoms with Crippen LogP contribution in [-0.4, -0.2) is 10.2 Å². The summed E-state index contributed by atoms with van der Waals surface area (Å²) in [5, 5.41) is 20.0. The average Bonchev–Trinajstić information content (AvgIpc) is 2.57. The molecule has 0 saturated carbocycles. The standard InChI is InChI=1S/C20H17ClO2S/c21-16-8-11-18(12-9-16)24-20-4-2-1-3-15(20)6-5-14-7-10-17(22)13-19(14)23/h1-4,7-13,22-23H,5-6H2. The molecule has 0 saturated heterocycles. The number of halogens is 1. The molecule has 0 bridgehead atoms. The van der Waals surface area contributed by atoms with E-state index >= 15 is 0 Å². The minimum atomic E-state index is 0.0787. The Morgan fingerprint density at radius 3 is 2.25 bits per heavy atom. The summed E-state index contributed by atoms with van der Waals surface area (Å²) in [7, 11) is 0. The van der Waals surface area contributed by atoms with Gasteiger partial charge in [-0.25, -0.2) is 0 Å². The van der Waals surface area contributed by atoms with Crippen LogP contribution in [0.2, 0.25) is 5.02 Å². The molecular weight excluding hydrogens is 340 g/mol. The molecule has 24 heavy (non-hydrogen) atoms. The molecule has 4 heteroatoms. The van der Waals surface area contributed by atoms with Crippen molar-refractivity contribution in [2.45, 2.75) is 22.6 Å². The van der Waals surface area contributed by atoms with Crippen LogP contribution in [0, 0.1) is 0 Å². The van der Waals surface area contributed by atoms with Crippen LogP contribution in [0.4, 0.5) is 0 Å². The van der Waals surface area contributed by atoms with Crippen LogP contribution in [0.3, 0.4) is 0 Å². The molecule has 122 valence electrons. The van der Waals surface area contributed by atoms with Crippen molar-refractivity contribution in [3.63, 3.8) is 0 Å². The molecule has 2 nitrogen and oxygen atoms in total. The van der Waals surface area contributed by atoms with Gasteiger partial charge in [0.2, 0.25) is 0 Å². The molecule has 3 aromatic rings. The van der Waals surface area contributed by atoms with Gasteiger partial charge >= 0.3 is 0 Å². The number of aromatic hydroxyl groups is 2. The zero-order valence-electron chi connectivity index (χ0n) is 12.9. The average molecular weight is 357 g/mol. The normalized spacial score (nSPS) is 10.7. The maximum atomic E-state index is 9.92. The highest BCUT2D eigenvalue weighted by Crippen LogP contribution is 2.32. The summed E-state index contributed by atoms with van der Waals surface area (Å²) in [5.74, 6) is 0.216. The Bertz CT molecular complexity index is 831. The predicted octanol–water partition coefficient (Wildman–Crippen LogP) is 5.69. The lowest BCUT2D eigenvalue weighted by molar-refractivity contribution is 0.446. The lowest BCUT2D eigenvalue weighted by Crippen LogP contribution is -1.94. The second-order valence-electron chi connectivity index (χ2n) is 5.48. The maximum Gasteiger partial charge on any atom is 0.122 e. The summed E-state index contributed by atoms with van der Waals surface area (Å²) in [6.45, 7) is 0. The van der Waals surface area contributed by atoms with Gasteiger partial charge < -0.3 is 10.2 Å². The number of rotatable bonds is 5. The molecule has 0 aliphatic rings. The van der Waals surface area contributed by atoms with Crippen molar-refractivity contribution in [2.24, 2.45) is 0 Å². The van der Waals surface area contributed by atoms with Gasteiger partial charge in [0, 0.05) is 20.9 Å². The molecule has 0 aliphatic heterocycles. The van der Waals surface area contributed by atoms with Gasteiger partial charge in [0.15, 0.2) is 0 Å². The van der Waals surface area contributed by atoms with E-state index in [9.17, 15) is 10.2 Å². The Labute approximate surface area is 150 Å². The van der Waals surface area contributed by atoms with Crippen LogP contribution in [0.5, 0.6) is 11.5 Å². The second kappa shape index (κ2) is 7.65. The van der Waals surface area contributed by atoms with E-state index in [1.54, 1.807) is 23.9 Å². The fourth-order valence-corrected chi connectivity index (χ4v) is 3.57. The van der Waals surface area contributed by atoms with Crippen molar-refractivity contribution in [1.82, 2.24) is 0 Å². The highest BCUT2D eigenvalue weighted by atomic mass is 35.5. The first kappa shape index (κ1) is 16.7. The first-order chi connectivity index (χ1) is 11.6. The molecule has 0 aliphatic carbocycles. The molecule has 3 aromatic carbocycles. The number of phenols is 2. The van der Waals surface area contributed by atoms with Crippen molar-refractivity contribution >= 4 is 23.4 Å². The Kier molecular flexibility index (Phi) is 5.34. The fourth-order valence-electron chi connectivity index (χ4n) is 2.47. The van der Waals surface area contributed by atoms with Gasteiger partial charge in [-0.1, -0.05) is 47.6 Å². The monoisotopic (exact) mass is 356 g/mol. The number of benzene rings is 3. The third kappa shape index (κ3) is 4.25. The lowest BCUT2D eigenvalue weighted by Gasteiger charge is -2.10. The van der Waals surface area contributed by atoms with E-state index in [2.05, 4.69) is 12.1 Å². The molecular formula is C20H17ClO2S. The number of hydrogen-bond acceptors (Lipinski definition) is 3. The Morgan fingerprint density at radius 2 is 1.50 bits per heavy atom. The van der Waals surface area contributed by atoms with Crippen molar-refractivity contribution in [3.8, 4) is 11.5 Å². The van der Waals surface area contributed by atoms with Gasteiger partial charge in [0.05, 0.1) is 0 Å². The third-order valence-corrected chi connectivity index (χ3v) is 5.12. The molecule has 0 spiro atoms. The maximum absolute atomic E-state index is 9.92. The van der Waals surface area contributed by atoms with Gasteiger partial charge in [-0.2, -0.15) is 0 Å². The summed E-state index contributed by atoms with van der Waals surface area (Å²) >= 11 is 7.64. The van der Waals surface area contributed by atoms with E-state index in [0.717, 1.165) is 21.9 Å². The lowest BCUT2D eigenvalue weighted by atomic mass is 10.0. The summed E-state index contributed by atoms with van der Waals surface area (Å²) in [6.07, 6.45) is 1.53. The third-order valence-electron chi connectivity index (χ3n) is 3.75. The van der Waals surface area contributed by atoms with E-state index in [0.29, 0.717) is 6.42 Å². The van der Waals surface area contributed by atoms with Gasteiger partial charge in [0.25, 0.3) is 0 Å². The van der Waals surface area contributed by atoms with Crippen LogP contribution in [0.25, 0.3) is 0 Å². The molecule has 2 N–H and O–H groups in total. The summed E-state index contributed by atoms with van der Waals surface area (Å²) < 4.78 is 0. The number of hydrogen-bond donors (Lipinski definition) is 2. The molecule has 0 radical (unpaired) electrons. The molecule has 3 rings (SSSR count). The smallest absolute Gasteiger partial charge is 0.122 e. The van der Waals surface area contributed by atoms with Gasteiger partial charge in [-0.3, -0.25) is 0 Å². The summed E-state index contributed by atoms with van der Waals surface area (Å²) in [6, 6.07) is 20.8. The quantitative estimate of drug-likeness (QED) is 0.617. The number of phenolic OH excluding ortho intramolecular Hbond substituents is 2. The van der Waals surface area contributed by atoms with E-state index in [1.807, 2.05) is 36.4 Å². The first-order valence-corrected chi connectivity index (χ1v) is 8.83. The molecule has 0 fully saturated rings. The molecule has 0 unspecified atom stereocenters. The van der Waals surface area contributed by atoms with Crippen LogP contribution in [-0.2, 0) is 12.8 Å². The van der Waals surface area contributed by atoms with Crippen LogP contribution in [0.15, 0.2) is 76.5 Å². The van der Waals surface area contributed by atoms with Crippen molar-refractivity contribution in [2.75, 3.05) is 0 Å². The minimum absolute atomic E-state index is 0.0787. The van der Waals surface area contributed by atoms with Gasteiger partial charge in [0.1, 0.15) is 11.5 Å². The van der Waals surface area contributed by atoms with Crippen LogP contribution < -0.4 is 0 Å². The number of aryl methyl sites for hydroxylation is 2. The van der Waals surface area contributed by atoms with Crippen molar-refractivity contribution in [3.05, 3.63) is 82.9 Å². The predicted molar refractivity (Wildman–Crippen MR) is 99.2 cm³/mol. The van der Waals surface area contributed by atoms with E-state index < -0.39 is 0 Å². The van der Waals surface area contributed by atoms with Crippen LogP contribution in [0.1, 0.15) is 11.1 Å². The van der Waals surface area contributed by atoms with E-state index in [4.69, 9.17) is 11.6 Å². The molecule has 0 atom stereocenters. The SMILES string of the molecule is Oc1ccc(CCc2ccccc2Sc2ccc(Cl)cc2)c(O)c1. The van der Waals surface area contributed by atoms with Crippen molar-refractivity contribution < 1.29 is 10.2 Å². The molecule has 0 heterocycles. The molecule has 0 amide bonds. The fraction of sp³-hybridized carbons (Fsp3) is 0.100. The Morgan fingerprint density at radius 1 is 0.792 bits per heavy atom. The topological polar surface area (TPSA) is 40.5 Å². The zero-order chi connectivity index (χ0) is 16.9. The summed E-state index contributed by atoms with van der Waals surface area (Å²) in [4.78, 5) is 2.33. The van der Waals surface area contributed by atoms with E-state index in [1.165, 1.54) is 16.5 Å². The Balaban J connectivity index is 1.75. The largest absolute Gasteiger partial charge is 0.508 e. The zero-order valence-corrected chi connectivity index (χ0v) is 14.5. The van der Waals surface area contributed by atoms with Crippen LogP contribution >= 0.6 is 23.4 Å². The van der Waals surface area contributed by atoms with E-state index in [-0.39, 0.29) is 11.5 Å². The Hall–Kier alpha value is -2.10. The first-order valence-electron chi connectivity index (χ1n) is 7.64. The highest BCUT2D eigenvalue weighted by molar-refractivity contribution is 7.99. The minimum Gasteiger partial charge on any atom is -0.508 e. The van der Waals surface area contributed by atoms with Crippen molar-refractivity contribution in [1.29, 1.82) is 0 Å². The van der Waals surface area contributed by atoms with Gasteiger partial charge in [-0.05, 0) is 60.4 Å². The molecule has 0 aromatic heterocycles. The summed E-state index contributed by atoms with van der Waals surface area (Å²) in [5.41, 5.74) is 2.06. The highest BCUT2D eigenvalue weighted by Gasteiger charge is 2.07. The second-order valence-corrected chi connectivity index (χ2v) is 7.03.